The fourth-order valence-corrected chi connectivity index (χ4v) is 4.14. The maximum Gasteiger partial charge on any atom is 0.340 e. The number of nitrogens with zero attached hydrogens (tertiary/aromatic N) is 4. The van der Waals surface area contributed by atoms with Crippen molar-refractivity contribution in [1.29, 1.82) is 0 Å². The third-order valence-electron chi connectivity index (χ3n) is 5.72. The molecule has 1 fully saturated rings. The Morgan fingerprint density at radius 1 is 1.00 bits per heavy atom. The Hall–Kier alpha value is -3.36. The number of ether oxygens (including phenoxy) is 2. The fourth-order valence-electron chi connectivity index (χ4n) is 3.89. The van der Waals surface area contributed by atoms with Crippen LogP contribution in [0.2, 0.25) is 5.02 Å². The molecule has 0 aliphatic carbocycles. The van der Waals surface area contributed by atoms with Gasteiger partial charge in [0.05, 0.1) is 37.4 Å². The molecular weight excluding hydrogens is 444 g/mol. The van der Waals surface area contributed by atoms with Gasteiger partial charge < -0.3 is 14.4 Å². The van der Waals surface area contributed by atoms with Crippen molar-refractivity contribution in [2.45, 2.75) is 6.54 Å². The summed E-state index contributed by atoms with van der Waals surface area (Å²) in [5.41, 5.74) is 1.90. The standard InChI is InChI=1S/C24H25ClN4O4/c1-32-18-9-7-17(8-10-18)16-27-11-13-28(14-12-27)21-15-26-29(23(30)22(21)25)20-6-4-3-5-19(20)24(31)33-2/h3-10,15H,11-14,16H2,1-2H3. The number of aromatic nitrogens is 2. The lowest BCUT2D eigenvalue weighted by Crippen LogP contribution is -2.46. The average molecular weight is 469 g/mol. The normalized spacial score (nSPS) is 14.2. The summed E-state index contributed by atoms with van der Waals surface area (Å²) in [5, 5.41) is 4.39. The van der Waals surface area contributed by atoms with Gasteiger partial charge >= 0.3 is 5.97 Å². The number of carbonyl (C=O) groups excluding carboxylic acids is 1. The minimum atomic E-state index is -0.549. The molecule has 0 spiro atoms. The quantitative estimate of drug-likeness (QED) is 0.515. The molecule has 0 N–H and O–H groups in total. The second kappa shape index (κ2) is 10.1. The SMILES string of the molecule is COC(=O)c1ccccc1-n1ncc(N2CCN(Cc3ccc(OC)cc3)CC2)c(Cl)c1=O. The predicted molar refractivity (Wildman–Crippen MR) is 127 cm³/mol. The topological polar surface area (TPSA) is 76.9 Å². The van der Waals surface area contributed by atoms with Crippen molar-refractivity contribution < 1.29 is 14.3 Å². The van der Waals surface area contributed by atoms with E-state index in [2.05, 4.69) is 27.0 Å². The lowest BCUT2D eigenvalue weighted by Gasteiger charge is -2.36. The molecule has 2 aromatic carbocycles. The summed E-state index contributed by atoms with van der Waals surface area (Å²) in [6.45, 7) is 3.95. The first-order chi connectivity index (χ1) is 16.0. The van der Waals surface area contributed by atoms with Crippen LogP contribution in [0.25, 0.3) is 5.69 Å². The molecule has 0 radical (unpaired) electrons. The van der Waals surface area contributed by atoms with Gasteiger partial charge in [0.25, 0.3) is 5.56 Å². The molecule has 2 heterocycles. The van der Waals surface area contributed by atoms with Crippen LogP contribution in [-0.4, -0.2) is 61.0 Å². The number of para-hydroxylation sites is 1. The van der Waals surface area contributed by atoms with Crippen LogP contribution in [0.5, 0.6) is 5.75 Å². The van der Waals surface area contributed by atoms with Crippen molar-refractivity contribution in [1.82, 2.24) is 14.7 Å². The van der Waals surface area contributed by atoms with Crippen LogP contribution in [0.15, 0.2) is 59.5 Å². The highest BCUT2D eigenvalue weighted by molar-refractivity contribution is 6.33. The molecule has 4 rings (SSSR count). The fraction of sp³-hybridized carbons (Fsp3) is 0.292. The number of halogens is 1. The Morgan fingerprint density at radius 2 is 1.70 bits per heavy atom. The number of rotatable bonds is 6. The minimum Gasteiger partial charge on any atom is -0.497 e. The van der Waals surface area contributed by atoms with E-state index in [4.69, 9.17) is 21.1 Å². The van der Waals surface area contributed by atoms with Crippen LogP contribution in [0.3, 0.4) is 0 Å². The minimum absolute atomic E-state index is 0.0771. The summed E-state index contributed by atoms with van der Waals surface area (Å²) in [7, 11) is 2.95. The highest BCUT2D eigenvalue weighted by Crippen LogP contribution is 2.24. The molecule has 1 saturated heterocycles. The van der Waals surface area contributed by atoms with Gasteiger partial charge in [-0.05, 0) is 29.8 Å². The van der Waals surface area contributed by atoms with E-state index in [-0.39, 0.29) is 10.6 Å². The summed E-state index contributed by atoms with van der Waals surface area (Å²) in [5.74, 6) is 0.294. The molecule has 0 saturated carbocycles. The number of carbonyl (C=O) groups is 1. The maximum atomic E-state index is 13.0. The van der Waals surface area contributed by atoms with E-state index in [1.54, 1.807) is 37.6 Å². The lowest BCUT2D eigenvalue weighted by atomic mass is 10.2. The Morgan fingerprint density at radius 3 is 2.36 bits per heavy atom. The number of hydrogen-bond donors (Lipinski definition) is 0. The maximum absolute atomic E-state index is 13.0. The molecular formula is C24H25ClN4O4. The Balaban J connectivity index is 1.48. The van der Waals surface area contributed by atoms with E-state index in [1.165, 1.54) is 12.7 Å². The van der Waals surface area contributed by atoms with Crippen LogP contribution < -0.4 is 15.2 Å². The van der Waals surface area contributed by atoms with E-state index in [0.29, 0.717) is 11.4 Å². The van der Waals surface area contributed by atoms with Gasteiger partial charge in [0.15, 0.2) is 0 Å². The molecule has 8 nitrogen and oxygen atoms in total. The third-order valence-corrected chi connectivity index (χ3v) is 6.07. The van der Waals surface area contributed by atoms with E-state index in [0.717, 1.165) is 43.2 Å². The monoisotopic (exact) mass is 468 g/mol. The lowest BCUT2D eigenvalue weighted by molar-refractivity contribution is 0.0600. The number of methoxy groups -OCH3 is 2. The summed E-state index contributed by atoms with van der Waals surface area (Å²) >= 11 is 6.49. The third kappa shape index (κ3) is 4.86. The molecule has 172 valence electrons. The second-order valence-electron chi connectivity index (χ2n) is 7.68. The van der Waals surface area contributed by atoms with Crippen LogP contribution >= 0.6 is 11.6 Å². The number of piperazine rings is 1. The van der Waals surface area contributed by atoms with Crippen molar-refractivity contribution in [2.24, 2.45) is 0 Å². The van der Waals surface area contributed by atoms with Crippen LogP contribution in [0.1, 0.15) is 15.9 Å². The van der Waals surface area contributed by atoms with Crippen LogP contribution in [-0.2, 0) is 11.3 Å². The van der Waals surface area contributed by atoms with Crippen molar-refractivity contribution in [3.05, 3.63) is 81.2 Å². The van der Waals surface area contributed by atoms with Gasteiger partial charge in [-0.3, -0.25) is 9.69 Å². The average Bonchev–Trinajstić information content (AvgIpc) is 2.86. The molecule has 1 aliphatic rings. The number of esters is 1. The van der Waals surface area contributed by atoms with E-state index < -0.39 is 11.5 Å². The van der Waals surface area contributed by atoms with Gasteiger partial charge in [0, 0.05) is 32.7 Å². The molecule has 9 heteroatoms. The number of hydrogen-bond acceptors (Lipinski definition) is 7. The first-order valence-corrected chi connectivity index (χ1v) is 11.0. The predicted octanol–water partition coefficient (Wildman–Crippen LogP) is 3.00. The molecule has 0 unspecified atom stereocenters. The number of benzene rings is 2. The summed E-state index contributed by atoms with van der Waals surface area (Å²) < 4.78 is 11.2. The zero-order chi connectivity index (χ0) is 23.4. The molecule has 3 aromatic rings. The van der Waals surface area contributed by atoms with Gasteiger partial charge in [0.2, 0.25) is 0 Å². The molecule has 1 aliphatic heterocycles. The zero-order valence-corrected chi connectivity index (χ0v) is 19.3. The van der Waals surface area contributed by atoms with Crippen LogP contribution in [0, 0.1) is 0 Å². The second-order valence-corrected chi connectivity index (χ2v) is 8.06. The summed E-state index contributed by atoms with van der Waals surface area (Å²) in [6, 6.07) is 14.7. The van der Waals surface area contributed by atoms with Gasteiger partial charge in [-0.1, -0.05) is 35.9 Å². The van der Waals surface area contributed by atoms with Crippen molar-refractivity contribution in [3.63, 3.8) is 0 Å². The first-order valence-electron chi connectivity index (χ1n) is 10.6. The molecule has 1 aromatic heterocycles. The Kier molecular flexibility index (Phi) is 6.96. The summed E-state index contributed by atoms with van der Waals surface area (Å²) in [6.07, 6.45) is 1.58. The smallest absolute Gasteiger partial charge is 0.340 e. The van der Waals surface area contributed by atoms with E-state index in [1.807, 2.05) is 12.1 Å². The van der Waals surface area contributed by atoms with E-state index in [9.17, 15) is 9.59 Å². The van der Waals surface area contributed by atoms with Gasteiger partial charge in [-0.15, -0.1) is 0 Å². The summed E-state index contributed by atoms with van der Waals surface area (Å²) in [4.78, 5) is 29.5. The van der Waals surface area contributed by atoms with Gasteiger partial charge in [-0.25, -0.2) is 4.79 Å². The molecule has 0 amide bonds. The molecule has 33 heavy (non-hydrogen) atoms. The van der Waals surface area contributed by atoms with Crippen molar-refractivity contribution in [2.75, 3.05) is 45.3 Å². The molecule has 0 bridgehead atoms. The number of anilines is 1. The Bertz CT molecular complexity index is 1190. The largest absolute Gasteiger partial charge is 0.497 e. The first kappa shape index (κ1) is 22.8. The highest BCUT2D eigenvalue weighted by atomic mass is 35.5. The zero-order valence-electron chi connectivity index (χ0n) is 18.5. The Labute approximate surface area is 196 Å². The van der Waals surface area contributed by atoms with E-state index >= 15 is 0 Å². The van der Waals surface area contributed by atoms with Gasteiger partial charge in [0.1, 0.15) is 10.8 Å². The van der Waals surface area contributed by atoms with Crippen LogP contribution in [0.4, 0.5) is 5.69 Å². The van der Waals surface area contributed by atoms with Gasteiger partial charge in [-0.2, -0.15) is 9.78 Å². The molecule has 0 atom stereocenters. The highest BCUT2D eigenvalue weighted by Gasteiger charge is 2.23. The van der Waals surface area contributed by atoms with Crippen molar-refractivity contribution in [3.8, 4) is 11.4 Å². The van der Waals surface area contributed by atoms with Crippen molar-refractivity contribution >= 4 is 23.3 Å².